The van der Waals surface area contributed by atoms with Crippen LogP contribution in [-0.4, -0.2) is 22.0 Å². The average Bonchev–Trinajstić information content (AvgIpc) is 3.15. The second-order valence-electron chi connectivity index (χ2n) is 8.11. The van der Waals surface area contributed by atoms with E-state index in [2.05, 4.69) is 40.1 Å². The molecule has 3 rings (SSSR count). The van der Waals surface area contributed by atoms with E-state index in [-0.39, 0.29) is 17.7 Å². The van der Waals surface area contributed by atoms with Crippen LogP contribution < -0.4 is 5.32 Å². The lowest BCUT2D eigenvalue weighted by Crippen LogP contribution is -2.42. The lowest BCUT2D eigenvalue weighted by Gasteiger charge is -2.26. The summed E-state index contributed by atoms with van der Waals surface area (Å²) in [5.41, 5.74) is 2.28. The van der Waals surface area contributed by atoms with Crippen LogP contribution in [-0.2, 0) is 4.79 Å². The van der Waals surface area contributed by atoms with E-state index >= 15 is 0 Å². The minimum Gasteiger partial charge on any atom is -0.438 e. The number of nitrogens with zero attached hydrogens (tertiary/aromatic N) is 1. The van der Waals surface area contributed by atoms with Crippen LogP contribution in [0, 0.1) is 5.92 Å². The average molecular weight is 473 g/mol. The number of benzene rings is 2. The molecule has 0 aliphatic carbocycles. The number of hydrogen-bond donors (Lipinski definition) is 2. The summed E-state index contributed by atoms with van der Waals surface area (Å²) in [5, 5.41) is 14.0. The molecule has 6 heteroatoms. The molecule has 1 heterocycles. The fourth-order valence-electron chi connectivity index (χ4n) is 3.68. The maximum absolute atomic E-state index is 13.3. The molecule has 0 saturated carbocycles. The third-order valence-electron chi connectivity index (χ3n) is 5.15. The highest BCUT2D eigenvalue weighted by molar-refractivity contribution is 9.10. The molecule has 0 aliphatic heterocycles. The second kappa shape index (κ2) is 10.2. The predicted molar refractivity (Wildman–Crippen MR) is 122 cm³/mol. The molecule has 3 aromatic rings. The van der Waals surface area contributed by atoms with E-state index in [1.807, 2.05) is 55.5 Å². The fourth-order valence-corrected chi connectivity index (χ4v) is 4.10. The molecule has 1 aromatic heterocycles. The maximum atomic E-state index is 13.3. The molecule has 0 fully saturated rings. The van der Waals surface area contributed by atoms with Gasteiger partial charge in [-0.25, -0.2) is 4.98 Å². The minimum absolute atomic E-state index is 0.0876. The zero-order valence-corrected chi connectivity index (χ0v) is 19.2. The van der Waals surface area contributed by atoms with Crippen molar-refractivity contribution in [1.82, 2.24) is 10.3 Å². The molecule has 1 unspecified atom stereocenters. The van der Waals surface area contributed by atoms with Gasteiger partial charge in [0.1, 0.15) is 5.52 Å². The molecule has 2 N–H and O–H groups in total. The minimum atomic E-state index is -1.01. The first kappa shape index (κ1) is 22.5. The number of hydrogen-bond acceptors (Lipinski definition) is 4. The monoisotopic (exact) mass is 472 g/mol. The Bertz CT molecular complexity index is 952. The molecule has 0 spiro atoms. The molecule has 0 radical (unpaired) electrons. The van der Waals surface area contributed by atoms with E-state index in [4.69, 9.17) is 4.42 Å². The number of fused-ring (bicyclic) bond motifs is 1. The molecule has 3 atom stereocenters. The van der Waals surface area contributed by atoms with E-state index in [0.717, 1.165) is 22.9 Å². The number of aliphatic hydroxyl groups excluding tert-OH is 1. The summed E-state index contributed by atoms with van der Waals surface area (Å²) in [6, 6.07) is 14.8. The van der Waals surface area contributed by atoms with E-state index in [1.54, 1.807) is 0 Å². The Kier molecular flexibility index (Phi) is 7.67. The first-order valence-corrected chi connectivity index (χ1v) is 11.3. The van der Waals surface area contributed by atoms with Crippen LogP contribution in [0.4, 0.5) is 0 Å². The second-order valence-corrected chi connectivity index (χ2v) is 9.02. The largest absolute Gasteiger partial charge is 0.438 e. The summed E-state index contributed by atoms with van der Waals surface area (Å²) in [7, 11) is 0. The van der Waals surface area contributed by atoms with Gasteiger partial charge in [0.2, 0.25) is 11.8 Å². The predicted octanol–water partition coefficient (Wildman–Crippen LogP) is 5.74. The molecule has 0 saturated heterocycles. The quantitative estimate of drug-likeness (QED) is 0.416. The van der Waals surface area contributed by atoms with Crippen molar-refractivity contribution in [3.63, 3.8) is 0 Å². The van der Waals surface area contributed by atoms with E-state index < -0.39 is 12.1 Å². The summed E-state index contributed by atoms with van der Waals surface area (Å²) in [5.74, 6) is 0.206. The number of nitrogens with one attached hydrogen (secondary N) is 1. The van der Waals surface area contributed by atoms with E-state index in [9.17, 15) is 9.90 Å². The highest BCUT2D eigenvalue weighted by Crippen LogP contribution is 2.29. The molecule has 5 nitrogen and oxygen atoms in total. The van der Waals surface area contributed by atoms with E-state index in [1.165, 1.54) is 0 Å². The number of aromatic nitrogens is 1. The van der Waals surface area contributed by atoms with Gasteiger partial charge in [-0.05, 0) is 48.6 Å². The Morgan fingerprint density at radius 3 is 2.63 bits per heavy atom. The molecule has 160 valence electrons. The summed E-state index contributed by atoms with van der Waals surface area (Å²) in [6.45, 7) is 6.24. The topological polar surface area (TPSA) is 75.4 Å². The van der Waals surface area contributed by atoms with Gasteiger partial charge in [0, 0.05) is 4.47 Å². The molecule has 1 amide bonds. The van der Waals surface area contributed by atoms with Crippen LogP contribution >= 0.6 is 15.9 Å². The zero-order chi connectivity index (χ0) is 21.7. The first-order valence-electron chi connectivity index (χ1n) is 10.5. The van der Waals surface area contributed by atoms with Crippen molar-refractivity contribution in [3.05, 3.63) is 64.5 Å². The third kappa shape index (κ3) is 5.49. The fraction of sp³-hybridized carbons (Fsp3) is 0.417. The number of rotatable bonds is 9. The lowest BCUT2D eigenvalue weighted by molar-refractivity contribution is -0.124. The first-order chi connectivity index (χ1) is 14.4. The van der Waals surface area contributed by atoms with Gasteiger partial charge >= 0.3 is 0 Å². The Morgan fingerprint density at radius 2 is 1.97 bits per heavy atom. The lowest BCUT2D eigenvalue weighted by atomic mass is 9.89. The van der Waals surface area contributed by atoms with Gasteiger partial charge in [0.05, 0.1) is 12.0 Å². The number of aliphatic hydroxyl groups is 1. The van der Waals surface area contributed by atoms with Gasteiger partial charge < -0.3 is 14.8 Å². The maximum Gasteiger partial charge on any atom is 0.227 e. The molecule has 30 heavy (non-hydrogen) atoms. The van der Waals surface area contributed by atoms with Crippen LogP contribution in [0.2, 0.25) is 0 Å². The smallest absolute Gasteiger partial charge is 0.227 e. The van der Waals surface area contributed by atoms with Crippen molar-refractivity contribution in [2.45, 2.75) is 58.1 Å². The highest BCUT2D eigenvalue weighted by atomic mass is 79.9. The zero-order valence-electron chi connectivity index (χ0n) is 17.6. The van der Waals surface area contributed by atoms with E-state index in [0.29, 0.717) is 23.4 Å². The number of carbonyl (C=O) groups excluding carboxylic acids is 1. The summed E-state index contributed by atoms with van der Waals surface area (Å²) in [6.07, 6.45) is 1.15. The molecular weight excluding hydrogens is 444 g/mol. The molecule has 2 aromatic carbocycles. The number of oxazole rings is 1. The standard InChI is InChI=1S/C24H29BrN2O3/c1-4-8-20(22(28)24-27-19-11-5-6-12-21(19)30-24)26-23(29)18(13-15(2)3)16-9-7-10-17(25)14-16/h5-7,9-12,14-15,18,20,22,28H,4,8,13H2,1-3H3,(H,26,29)/t18-,20+,22?/m1/s1. The van der Waals surface area contributed by atoms with Crippen LogP contribution in [0.3, 0.4) is 0 Å². The summed E-state index contributed by atoms with van der Waals surface area (Å²) >= 11 is 3.50. The number of amides is 1. The Balaban J connectivity index is 1.83. The number of carbonyl (C=O) groups is 1. The van der Waals surface area contributed by atoms with Gasteiger partial charge in [-0.1, -0.05) is 67.4 Å². The Hall–Kier alpha value is -2.18. The van der Waals surface area contributed by atoms with Crippen LogP contribution in [0.25, 0.3) is 11.1 Å². The highest BCUT2D eigenvalue weighted by Gasteiger charge is 2.30. The van der Waals surface area contributed by atoms with Crippen LogP contribution in [0.5, 0.6) is 0 Å². The van der Waals surface area contributed by atoms with Crippen molar-refractivity contribution >= 4 is 32.9 Å². The summed E-state index contributed by atoms with van der Waals surface area (Å²) in [4.78, 5) is 17.7. The Labute approximate surface area is 186 Å². The van der Waals surface area contributed by atoms with Gasteiger partial charge in [-0.15, -0.1) is 0 Å². The van der Waals surface area contributed by atoms with Crippen LogP contribution in [0.15, 0.2) is 57.4 Å². The van der Waals surface area contributed by atoms with Crippen molar-refractivity contribution in [2.24, 2.45) is 5.92 Å². The number of halogens is 1. The SMILES string of the molecule is CCC[C@H](NC(=O)[C@H](CC(C)C)c1cccc(Br)c1)C(O)c1nc2ccccc2o1. The van der Waals surface area contributed by atoms with Crippen molar-refractivity contribution in [3.8, 4) is 0 Å². The van der Waals surface area contributed by atoms with Gasteiger partial charge in [0.15, 0.2) is 11.7 Å². The molecular formula is C24H29BrN2O3. The number of para-hydroxylation sites is 2. The van der Waals surface area contributed by atoms with Gasteiger partial charge in [0.25, 0.3) is 0 Å². The Morgan fingerprint density at radius 1 is 1.20 bits per heavy atom. The van der Waals surface area contributed by atoms with Crippen molar-refractivity contribution < 1.29 is 14.3 Å². The summed E-state index contributed by atoms with van der Waals surface area (Å²) < 4.78 is 6.69. The van der Waals surface area contributed by atoms with Crippen molar-refractivity contribution in [1.29, 1.82) is 0 Å². The van der Waals surface area contributed by atoms with Crippen molar-refractivity contribution in [2.75, 3.05) is 0 Å². The normalized spacial score (nSPS) is 14.6. The third-order valence-corrected chi connectivity index (χ3v) is 5.64. The molecule has 0 aliphatic rings. The van der Waals surface area contributed by atoms with Crippen LogP contribution in [0.1, 0.15) is 63.5 Å². The van der Waals surface area contributed by atoms with Gasteiger partial charge in [-0.3, -0.25) is 4.79 Å². The van der Waals surface area contributed by atoms with Gasteiger partial charge in [-0.2, -0.15) is 0 Å². The molecule has 0 bridgehead atoms.